The summed E-state index contributed by atoms with van der Waals surface area (Å²) in [5.74, 6) is -0.542. The van der Waals surface area contributed by atoms with Crippen molar-refractivity contribution in [1.82, 2.24) is 4.90 Å². The van der Waals surface area contributed by atoms with Gasteiger partial charge in [-0.15, -0.1) is 0 Å². The zero-order valence-corrected chi connectivity index (χ0v) is 13.7. The molecule has 0 aliphatic heterocycles. The van der Waals surface area contributed by atoms with E-state index in [1.54, 1.807) is 29.2 Å². The Morgan fingerprint density at radius 2 is 1.83 bits per heavy atom. The first kappa shape index (κ1) is 17.0. The predicted octanol–water partition coefficient (Wildman–Crippen LogP) is 3.72. The third kappa shape index (κ3) is 5.42. The van der Waals surface area contributed by atoms with Crippen molar-refractivity contribution in [3.8, 4) is 0 Å². The van der Waals surface area contributed by atoms with Crippen LogP contribution < -0.4 is 5.32 Å². The Labute approximate surface area is 141 Å². The molecule has 0 saturated carbocycles. The van der Waals surface area contributed by atoms with E-state index in [-0.39, 0.29) is 18.2 Å². The standard InChI is InChI=1S/C18H19ClN2O2/c1-2-21(13-14-7-4-3-5-8-14)18(23)12-17(22)20-16-10-6-9-15(19)11-16/h3-11H,2,12-13H2,1H3,(H,20,22). The fraction of sp³-hybridized carbons (Fsp3) is 0.222. The number of carbonyl (C=O) groups is 2. The van der Waals surface area contributed by atoms with Crippen molar-refractivity contribution in [3.63, 3.8) is 0 Å². The molecule has 120 valence electrons. The maximum atomic E-state index is 12.3. The summed E-state index contributed by atoms with van der Waals surface area (Å²) >= 11 is 5.87. The smallest absolute Gasteiger partial charge is 0.233 e. The molecular formula is C18H19ClN2O2. The minimum absolute atomic E-state index is 0.187. The van der Waals surface area contributed by atoms with Crippen LogP contribution in [0.4, 0.5) is 5.69 Å². The second kappa shape index (κ2) is 8.34. The molecule has 0 fully saturated rings. The van der Waals surface area contributed by atoms with Crippen molar-refractivity contribution in [2.45, 2.75) is 19.9 Å². The van der Waals surface area contributed by atoms with Crippen LogP contribution in [0.2, 0.25) is 5.02 Å². The Balaban J connectivity index is 1.92. The molecule has 0 unspecified atom stereocenters. The zero-order chi connectivity index (χ0) is 16.7. The maximum Gasteiger partial charge on any atom is 0.233 e. The fourth-order valence-corrected chi connectivity index (χ4v) is 2.39. The second-order valence-electron chi connectivity index (χ2n) is 5.13. The van der Waals surface area contributed by atoms with Gasteiger partial charge in [-0.3, -0.25) is 9.59 Å². The summed E-state index contributed by atoms with van der Waals surface area (Å²) in [6.07, 6.45) is -0.187. The van der Waals surface area contributed by atoms with E-state index in [0.717, 1.165) is 5.56 Å². The number of nitrogens with one attached hydrogen (secondary N) is 1. The molecule has 0 radical (unpaired) electrons. The van der Waals surface area contributed by atoms with Crippen LogP contribution in [-0.2, 0) is 16.1 Å². The molecule has 2 amide bonds. The molecule has 0 atom stereocenters. The molecule has 2 rings (SSSR count). The van der Waals surface area contributed by atoms with Gasteiger partial charge in [-0.05, 0) is 30.7 Å². The number of amides is 2. The van der Waals surface area contributed by atoms with E-state index in [1.807, 2.05) is 37.3 Å². The number of rotatable bonds is 6. The van der Waals surface area contributed by atoms with E-state index in [4.69, 9.17) is 11.6 Å². The molecule has 0 heterocycles. The van der Waals surface area contributed by atoms with Crippen LogP contribution >= 0.6 is 11.6 Å². The molecule has 4 nitrogen and oxygen atoms in total. The minimum atomic E-state index is -0.344. The molecule has 0 aliphatic rings. The molecule has 0 aliphatic carbocycles. The Kier molecular flexibility index (Phi) is 6.18. The topological polar surface area (TPSA) is 49.4 Å². The number of halogens is 1. The lowest BCUT2D eigenvalue weighted by molar-refractivity contribution is -0.134. The summed E-state index contributed by atoms with van der Waals surface area (Å²) < 4.78 is 0. The van der Waals surface area contributed by atoms with Crippen LogP contribution in [0.15, 0.2) is 54.6 Å². The number of hydrogen-bond acceptors (Lipinski definition) is 2. The molecule has 2 aromatic carbocycles. The Morgan fingerprint density at radius 3 is 2.48 bits per heavy atom. The van der Waals surface area contributed by atoms with Gasteiger partial charge in [0.2, 0.25) is 11.8 Å². The van der Waals surface area contributed by atoms with Gasteiger partial charge in [0.25, 0.3) is 0 Å². The summed E-state index contributed by atoms with van der Waals surface area (Å²) in [6.45, 7) is 2.95. The number of carbonyl (C=O) groups excluding carboxylic acids is 2. The van der Waals surface area contributed by atoms with E-state index >= 15 is 0 Å². The SMILES string of the molecule is CCN(Cc1ccccc1)C(=O)CC(=O)Nc1cccc(Cl)c1. The summed E-state index contributed by atoms with van der Waals surface area (Å²) in [4.78, 5) is 26.0. The van der Waals surface area contributed by atoms with Gasteiger partial charge in [-0.25, -0.2) is 0 Å². The number of anilines is 1. The van der Waals surface area contributed by atoms with E-state index < -0.39 is 0 Å². The first-order chi connectivity index (χ1) is 11.1. The van der Waals surface area contributed by atoms with Crippen molar-refractivity contribution >= 4 is 29.1 Å². The van der Waals surface area contributed by atoms with E-state index in [1.165, 1.54) is 0 Å². The molecule has 5 heteroatoms. The number of nitrogens with zero attached hydrogens (tertiary/aromatic N) is 1. The average Bonchev–Trinajstić information content (AvgIpc) is 2.53. The van der Waals surface area contributed by atoms with Crippen LogP contribution in [0.1, 0.15) is 18.9 Å². The van der Waals surface area contributed by atoms with Gasteiger partial charge in [0.15, 0.2) is 0 Å². The lowest BCUT2D eigenvalue weighted by Gasteiger charge is -2.20. The molecule has 1 N–H and O–H groups in total. The second-order valence-corrected chi connectivity index (χ2v) is 5.57. The Morgan fingerprint density at radius 1 is 1.09 bits per heavy atom. The largest absolute Gasteiger partial charge is 0.338 e. The summed E-state index contributed by atoms with van der Waals surface area (Å²) in [6, 6.07) is 16.6. The molecule has 0 aromatic heterocycles. The predicted molar refractivity (Wildman–Crippen MR) is 92.2 cm³/mol. The molecule has 0 saturated heterocycles. The Bertz CT molecular complexity index is 674. The first-order valence-electron chi connectivity index (χ1n) is 7.45. The summed E-state index contributed by atoms with van der Waals surface area (Å²) in [5, 5.41) is 3.22. The molecule has 0 bridgehead atoms. The van der Waals surface area contributed by atoms with Crippen LogP contribution in [0.25, 0.3) is 0 Å². The van der Waals surface area contributed by atoms with Crippen molar-refractivity contribution < 1.29 is 9.59 Å². The summed E-state index contributed by atoms with van der Waals surface area (Å²) in [5.41, 5.74) is 1.62. The molecule has 2 aromatic rings. The number of hydrogen-bond donors (Lipinski definition) is 1. The van der Waals surface area contributed by atoms with Crippen molar-refractivity contribution in [2.24, 2.45) is 0 Å². The van der Waals surface area contributed by atoms with E-state index in [9.17, 15) is 9.59 Å². The quantitative estimate of drug-likeness (QED) is 0.821. The van der Waals surface area contributed by atoms with Crippen LogP contribution in [0, 0.1) is 0 Å². The highest BCUT2D eigenvalue weighted by molar-refractivity contribution is 6.30. The molecular weight excluding hydrogens is 312 g/mol. The highest BCUT2D eigenvalue weighted by atomic mass is 35.5. The summed E-state index contributed by atoms with van der Waals surface area (Å²) in [7, 11) is 0. The van der Waals surface area contributed by atoms with Crippen molar-refractivity contribution in [1.29, 1.82) is 0 Å². The van der Waals surface area contributed by atoms with E-state index in [2.05, 4.69) is 5.32 Å². The third-order valence-electron chi connectivity index (χ3n) is 3.37. The van der Waals surface area contributed by atoms with Crippen molar-refractivity contribution in [2.75, 3.05) is 11.9 Å². The van der Waals surface area contributed by atoms with Gasteiger partial charge in [0.05, 0.1) is 0 Å². The Hall–Kier alpha value is -2.33. The van der Waals surface area contributed by atoms with Gasteiger partial charge in [0, 0.05) is 23.8 Å². The fourth-order valence-electron chi connectivity index (χ4n) is 2.20. The monoisotopic (exact) mass is 330 g/mol. The highest BCUT2D eigenvalue weighted by Gasteiger charge is 2.16. The number of benzene rings is 2. The molecule has 0 spiro atoms. The van der Waals surface area contributed by atoms with Crippen molar-refractivity contribution in [3.05, 3.63) is 65.2 Å². The average molecular weight is 331 g/mol. The lowest BCUT2D eigenvalue weighted by atomic mass is 10.2. The maximum absolute atomic E-state index is 12.3. The van der Waals surface area contributed by atoms with Gasteiger partial charge in [0.1, 0.15) is 6.42 Å². The molecule has 23 heavy (non-hydrogen) atoms. The van der Waals surface area contributed by atoms with Crippen LogP contribution in [-0.4, -0.2) is 23.3 Å². The zero-order valence-electron chi connectivity index (χ0n) is 13.0. The normalized spacial score (nSPS) is 10.2. The van der Waals surface area contributed by atoms with Gasteiger partial charge in [-0.1, -0.05) is 48.0 Å². The van der Waals surface area contributed by atoms with Crippen LogP contribution in [0.3, 0.4) is 0 Å². The first-order valence-corrected chi connectivity index (χ1v) is 7.83. The van der Waals surface area contributed by atoms with Gasteiger partial charge >= 0.3 is 0 Å². The van der Waals surface area contributed by atoms with Gasteiger partial charge < -0.3 is 10.2 Å². The van der Waals surface area contributed by atoms with Gasteiger partial charge in [-0.2, -0.15) is 0 Å². The lowest BCUT2D eigenvalue weighted by Crippen LogP contribution is -2.33. The van der Waals surface area contributed by atoms with Crippen LogP contribution in [0.5, 0.6) is 0 Å². The third-order valence-corrected chi connectivity index (χ3v) is 3.61. The highest BCUT2D eigenvalue weighted by Crippen LogP contribution is 2.15. The van der Waals surface area contributed by atoms with E-state index in [0.29, 0.717) is 23.8 Å². The minimum Gasteiger partial charge on any atom is -0.338 e.